The first kappa shape index (κ1) is 14.8. The first-order valence-corrected chi connectivity index (χ1v) is 7.76. The summed E-state index contributed by atoms with van der Waals surface area (Å²) in [6.07, 6.45) is 5.02. The summed E-state index contributed by atoms with van der Waals surface area (Å²) in [7, 11) is 1.90. The maximum atomic E-state index is 13.9. The van der Waals surface area contributed by atoms with Crippen molar-refractivity contribution in [3.05, 3.63) is 48.1 Å². The molecule has 2 N–H and O–H groups in total. The molecular formula is C16H17FN6O. The molecule has 1 unspecified atom stereocenters. The summed E-state index contributed by atoms with van der Waals surface area (Å²) in [5, 5.41) is 3.29. The van der Waals surface area contributed by atoms with E-state index >= 15 is 0 Å². The molecule has 1 aliphatic heterocycles. The number of piperazine rings is 1. The molecule has 8 heteroatoms. The lowest BCUT2D eigenvalue weighted by molar-refractivity contribution is 0.0622. The number of fused-ring (bicyclic) bond motifs is 1. The number of H-pyrrole nitrogens is 1. The molecule has 1 saturated heterocycles. The van der Waals surface area contributed by atoms with Crippen LogP contribution in [0.4, 0.5) is 4.39 Å². The van der Waals surface area contributed by atoms with E-state index in [0.29, 0.717) is 30.7 Å². The fraction of sp³-hybridized carbons (Fsp3) is 0.312. The lowest BCUT2D eigenvalue weighted by atomic mass is 10.1. The lowest BCUT2D eigenvalue weighted by Gasteiger charge is -2.35. The van der Waals surface area contributed by atoms with Crippen LogP contribution in [0.1, 0.15) is 22.2 Å². The molecule has 0 bridgehead atoms. The van der Waals surface area contributed by atoms with Gasteiger partial charge in [-0.3, -0.25) is 4.79 Å². The molecule has 24 heavy (non-hydrogen) atoms. The number of carbonyl (C=O) groups is 1. The highest BCUT2D eigenvalue weighted by Crippen LogP contribution is 2.25. The van der Waals surface area contributed by atoms with Crippen molar-refractivity contribution >= 4 is 16.9 Å². The number of hydrogen-bond acceptors (Lipinski definition) is 4. The number of nitrogens with one attached hydrogen (secondary N) is 2. The van der Waals surface area contributed by atoms with E-state index in [2.05, 4.69) is 20.3 Å². The van der Waals surface area contributed by atoms with Crippen molar-refractivity contribution in [1.29, 1.82) is 0 Å². The predicted octanol–water partition coefficient (Wildman–Crippen LogP) is 1.22. The second-order valence-electron chi connectivity index (χ2n) is 5.87. The number of rotatable bonds is 2. The van der Waals surface area contributed by atoms with Crippen molar-refractivity contribution in [3.63, 3.8) is 0 Å². The van der Waals surface area contributed by atoms with Gasteiger partial charge in [-0.2, -0.15) is 0 Å². The SMILES string of the molecule is Cn1ccnc1C1CNCCN1C(=O)c1cc(F)cc2[nH]cnc12. The number of benzene rings is 1. The van der Waals surface area contributed by atoms with Crippen molar-refractivity contribution in [2.24, 2.45) is 7.05 Å². The number of aromatic nitrogens is 4. The Hall–Kier alpha value is -2.74. The number of carbonyl (C=O) groups excluding carboxylic acids is 1. The highest BCUT2D eigenvalue weighted by Gasteiger charge is 2.32. The fourth-order valence-corrected chi connectivity index (χ4v) is 3.21. The molecule has 2 aromatic heterocycles. The van der Waals surface area contributed by atoms with Crippen molar-refractivity contribution in [2.75, 3.05) is 19.6 Å². The Labute approximate surface area is 137 Å². The molecule has 124 valence electrons. The first-order chi connectivity index (χ1) is 11.6. The number of halogens is 1. The molecule has 3 aromatic rings. The average molecular weight is 328 g/mol. The monoisotopic (exact) mass is 328 g/mol. The van der Waals surface area contributed by atoms with E-state index in [1.165, 1.54) is 18.5 Å². The zero-order valence-electron chi connectivity index (χ0n) is 13.2. The summed E-state index contributed by atoms with van der Waals surface area (Å²) in [6.45, 7) is 1.82. The summed E-state index contributed by atoms with van der Waals surface area (Å²) in [6, 6.07) is 2.39. The summed E-state index contributed by atoms with van der Waals surface area (Å²) >= 11 is 0. The van der Waals surface area contributed by atoms with Crippen LogP contribution < -0.4 is 5.32 Å². The van der Waals surface area contributed by atoms with E-state index in [1.807, 2.05) is 17.8 Å². The normalized spacial score (nSPS) is 18.2. The van der Waals surface area contributed by atoms with E-state index < -0.39 is 5.82 Å². The van der Waals surface area contributed by atoms with E-state index in [1.54, 1.807) is 11.1 Å². The molecule has 4 rings (SSSR count). The van der Waals surface area contributed by atoms with Crippen molar-refractivity contribution < 1.29 is 9.18 Å². The minimum Gasteiger partial charge on any atom is -0.344 e. The van der Waals surface area contributed by atoms with E-state index in [0.717, 1.165) is 5.82 Å². The van der Waals surface area contributed by atoms with Crippen molar-refractivity contribution in [3.8, 4) is 0 Å². The Bertz CT molecular complexity index is 901. The molecule has 1 aromatic carbocycles. The van der Waals surface area contributed by atoms with Gasteiger partial charge in [-0.25, -0.2) is 14.4 Å². The van der Waals surface area contributed by atoms with Crippen LogP contribution in [0.25, 0.3) is 11.0 Å². The molecule has 0 radical (unpaired) electrons. The molecule has 0 aliphatic carbocycles. The minimum atomic E-state index is -0.459. The molecular weight excluding hydrogens is 311 g/mol. The number of aromatic amines is 1. The highest BCUT2D eigenvalue weighted by molar-refractivity contribution is 6.05. The topological polar surface area (TPSA) is 78.8 Å². The van der Waals surface area contributed by atoms with E-state index in [4.69, 9.17) is 0 Å². The van der Waals surface area contributed by atoms with Crippen LogP contribution in [-0.4, -0.2) is 50.0 Å². The molecule has 3 heterocycles. The maximum Gasteiger partial charge on any atom is 0.256 e. The van der Waals surface area contributed by atoms with Gasteiger partial charge in [0.2, 0.25) is 0 Å². The van der Waals surface area contributed by atoms with Crippen LogP contribution in [0.3, 0.4) is 0 Å². The van der Waals surface area contributed by atoms with Crippen molar-refractivity contribution in [1.82, 2.24) is 29.7 Å². The maximum absolute atomic E-state index is 13.9. The summed E-state index contributed by atoms with van der Waals surface area (Å²) < 4.78 is 15.8. The number of imidazole rings is 2. The standard InChI is InChI=1S/C16H17FN6O/c1-22-4-3-19-15(22)13-8-18-2-5-23(13)16(24)11-6-10(17)7-12-14(11)21-9-20-12/h3-4,6-7,9,13,18H,2,5,8H2,1H3,(H,20,21). The second kappa shape index (κ2) is 5.72. The Morgan fingerprint density at radius 2 is 2.25 bits per heavy atom. The second-order valence-corrected chi connectivity index (χ2v) is 5.87. The van der Waals surface area contributed by atoms with Crippen molar-refractivity contribution in [2.45, 2.75) is 6.04 Å². The van der Waals surface area contributed by atoms with Crippen LogP contribution >= 0.6 is 0 Å². The molecule has 1 amide bonds. The van der Waals surface area contributed by atoms with Gasteiger partial charge in [-0.05, 0) is 12.1 Å². The fourth-order valence-electron chi connectivity index (χ4n) is 3.21. The summed E-state index contributed by atoms with van der Waals surface area (Å²) in [4.78, 5) is 26.3. The Morgan fingerprint density at radius 1 is 1.38 bits per heavy atom. The third-order valence-corrected chi connectivity index (χ3v) is 4.38. The van der Waals surface area contributed by atoms with Gasteiger partial charge in [0, 0.05) is 39.1 Å². The first-order valence-electron chi connectivity index (χ1n) is 7.76. The molecule has 7 nitrogen and oxygen atoms in total. The third kappa shape index (κ3) is 2.35. The molecule has 0 saturated carbocycles. The third-order valence-electron chi connectivity index (χ3n) is 4.38. The van der Waals surface area contributed by atoms with Crippen LogP contribution in [0.15, 0.2) is 30.9 Å². The van der Waals surface area contributed by atoms with Gasteiger partial charge < -0.3 is 19.8 Å². The molecule has 0 spiro atoms. The highest BCUT2D eigenvalue weighted by atomic mass is 19.1. The zero-order chi connectivity index (χ0) is 16.7. The van der Waals surface area contributed by atoms with Crippen LogP contribution in [-0.2, 0) is 7.05 Å². The van der Waals surface area contributed by atoms with Crippen LogP contribution in [0, 0.1) is 5.82 Å². The zero-order valence-corrected chi connectivity index (χ0v) is 13.2. The summed E-state index contributed by atoms with van der Waals surface area (Å²) in [5.41, 5.74) is 1.27. The van der Waals surface area contributed by atoms with Gasteiger partial charge in [-0.1, -0.05) is 0 Å². The van der Waals surface area contributed by atoms with Crippen LogP contribution in [0.5, 0.6) is 0 Å². The van der Waals surface area contributed by atoms with Gasteiger partial charge in [0.15, 0.2) is 0 Å². The van der Waals surface area contributed by atoms with E-state index in [9.17, 15) is 9.18 Å². The largest absolute Gasteiger partial charge is 0.344 e. The average Bonchev–Trinajstić information content (AvgIpc) is 3.22. The number of hydrogen-bond donors (Lipinski definition) is 2. The number of nitrogens with zero attached hydrogens (tertiary/aromatic N) is 4. The number of aryl methyl sites for hydroxylation is 1. The predicted molar refractivity (Wildman–Crippen MR) is 85.9 cm³/mol. The van der Waals surface area contributed by atoms with Gasteiger partial charge in [0.05, 0.1) is 17.4 Å². The van der Waals surface area contributed by atoms with Gasteiger partial charge >= 0.3 is 0 Å². The van der Waals surface area contributed by atoms with Gasteiger partial charge in [-0.15, -0.1) is 0 Å². The molecule has 1 atom stereocenters. The van der Waals surface area contributed by atoms with Gasteiger partial charge in [0.25, 0.3) is 5.91 Å². The van der Waals surface area contributed by atoms with Crippen LogP contribution in [0.2, 0.25) is 0 Å². The van der Waals surface area contributed by atoms with E-state index in [-0.39, 0.29) is 17.5 Å². The smallest absolute Gasteiger partial charge is 0.256 e. The van der Waals surface area contributed by atoms with Gasteiger partial charge in [0.1, 0.15) is 23.2 Å². The lowest BCUT2D eigenvalue weighted by Crippen LogP contribution is -2.49. The quantitative estimate of drug-likeness (QED) is 0.741. The molecule has 1 aliphatic rings. The number of amides is 1. The Balaban J connectivity index is 1.76. The molecule has 1 fully saturated rings. The minimum absolute atomic E-state index is 0.205. The summed E-state index contributed by atoms with van der Waals surface area (Å²) in [5.74, 6) is 0.102. The Kier molecular flexibility index (Phi) is 3.53. The Morgan fingerprint density at radius 3 is 3.04 bits per heavy atom.